The summed E-state index contributed by atoms with van der Waals surface area (Å²) in [6, 6.07) is 4.93. The van der Waals surface area contributed by atoms with Crippen molar-refractivity contribution in [2.45, 2.75) is 43.5 Å². The van der Waals surface area contributed by atoms with E-state index in [1.807, 2.05) is 6.07 Å². The second kappa shape index (κ2) is 5.37. The summed E-state index contributed by atoms with van der Waals surface area (Å²) in [5.41, 5.74) is -0.00615. The van der Waals surface area contributed by atoms with E-state index in [4.69, 9.17) is 9.47 Å². The monoisotopic (exact) mass is 344 g/mol. The van der Waals surface area contributed by atoms with E-state index >= 15 is 0 Å². The van der Waals surface area contributed by atoms with Crippen molar-refractivity contribution in [1.29, 1.82) is 0 Å². The summed E-state index contributed by atoms with van der Waals surface area (Å²) < 4.78 is 25.3. The molecule has 1 aromatic carbocycles. The molecular formula is C15H18BrFO3. The first-order valence-corrected chi connectivity index (χ1v) is 7.75. The van der Waals surface area contributed by atoms with Crippen LogP contribution in [0.2, 0.25) is 0 Å². The third-order valence-electron chi connectivity index (χ3n) is 4.31. The molecule has 5 heteroatoms. The minimum absolute atomic E-state index is 0.291. The quantitative estimate of drug-likeness (QED) is 0.895. The van der Waals surface area contributed by atoms with Crippen molar-refractivity contribution < 1.29 is 19.0 Å². The van der Waals surface area contributed by atoms with Gasteiger partial charge in [-0.15, -0.1) is 0 Å². The zero-order valence-electron chi connectivity index (χ0n) is 11.2. The molecular weight excluding hydrogens is 327 g/mol. The van der Waals surface area contributed by atoms with Gasteiger partial charge in [0.2, 0.25) is 0 Å². The Morgan fingerprint density at radius 1 is 1.15 bits per heavy atom. The number of ether oxygens (including phenoxy) is 2. The third kappa shape index (κ3) is 2.77. The fourth-order valence-corrected chi connectivity index (χ4v) is 3.50. The van der Waals surface area contributed by atoms with Gasteiger partial charge in [-0.1, -0.05) is 12.1 Å². The zero-order valence-corrected chi connectivity index (χ0v) is 12.8. The minimum Gasteiger partial charge on any atom is -0.390 e. The number of benzene rings is 1. The molecule has 1 aliphatic heterocycles. The summed E-state index contributed by atoms with van der Waals surface area (Å²) in [5, 5.41) is 10.7. The van der Waals surface area contributed by atoms with Crippen LogP contribution in [0.25, 0.3) is 0 Å². The molecule has 1 aliphatic carbocycles. The largest absolute Gasteiger partial charge is 0.390 e. The number of aliphatic hydroxyl groups is 1. The molecule has 1 saturated carbocycles. The van der Waals surface area contributed by atoms with E-state index in [0.717, 1.165) is 5.56 Å². The van der Waals surface area contributed by atoms with Crippen LogP contribution < -0.4 is 0 Å². The van der Waals surface area contributed by atoms with E-state index in [2.05, 4.69) is 15.9 Å². The number of rotatable bonds is 2. The first-order chi connectivity index (χ1) is 9.52. The second-order valence-corrected chi connectivity index (χ2v) is 6.51. The van der Waals surface area contributed by atoms with Gasteiger partial charge in [0.15, 0.2) is 5.79 Å². The molecule has 1 aromatic rings. The van der Waals surface area contributed by atoms with Gasteiger partial charge in [-0.25, -0.2) is 4.39 Å². The maximum absolute atomic E-state index is 13.5. The summed E-state index contributed by atoms with van der Waals surface area (Å²) in [5.74, 6) is -0.772. The van der Waals surface area contributed by atoms with Gasteiger partial charge in [-0.05, 0) is 40.4 Å². The molecule has 0 bridgehead atoms. The zero-order chi connectivity index (χ0) is 14.2. The lowest BCUT2D eigenvalue weighted by Gasteiger charge is -2.40. The number of hydrogen-bond donors (Lipinski definition) is 1. The predicted molar refractivity (Wildman–Crippen MR) is 75.9 cm³/mol. The molecule has 0 aromatic heterocycles. The standard InChI is InChI=1S/C15H18BrFO3/c16-13-11(2-1-3-12(13)17)10-14(18)4-6-15(7-5-14)19-8-9-20-15/h1-3,18H,4-10H2. The highest BCUT2D eigenvalue weighted by molar-refractivity contribution is 9.10. The molecule has 3 nitrogen and oxygen atoms in total. The SMILES string of the molecule is OC1(Cc2cccc(F)c2Br)CCC2(CC1)OCCO2. The van der Waals surface area contributed by atoms with E-state index in [0.29, 0.717) is 49.8 Å². The third-order valence-corrected chi connectivity index (χ3v) is 5.20. The van der Waals surface area contributed by atoms with Gasteiger partial charge in [0.25, 0.3) is 0 Å². The van der Waals surface area contributed by atoms with Crippen molar-refractivity contribution in [2.75, 3.05) is 13.2 Å². The summed E-state index contributed by atoms with van der Waals surface area (Å²) in [4.78, 5) is 0. The summed E-state index contributed by atoms with van der Waals surface area (Å²) in [7, 11) is 0. The smallest absolute Gasteiger partial charge is 0.168 e. The Balaban J connectivity index is 1.70. The minimum atomic E-state index is -0.809. The second-order valence-electron chi connectivity index (χ2n) is 5.72. The van der Waals surface area contributed by atoms with Crippen LogP contribution in [0.1, 0.15) is 31.2 Å². The van der Waals surface area contributed by atoms with Crippen LogP contribution in [-0.4, -0.2) is 29.7 Å². The van der Waals surface area contributed by atoms with Gasteiger partial charge in [0.1, 0.15) is 5.82 Å². The summed E-state index contributed by atoms with van der Waals surface area (Å²) >= 11 is 3.26. The van der Waals surface area contributed by atoms with E-state index in [9.17, 15) is 9.50 Å². The van der Waals surface area contributed by atoms with Crippen LogP contribution in [0.5, 0.6) is 0 Å². The van der Waals surface area contributed by atoms with E-state index in [1.165, 1.54) is 6.07 Å². The maximum Gasteiger partial charge on any atom is 0.168 e. The van der Waals surface area contributed by atoms with Crippen LogP contribution in [0.15, 0.2) is 22.7 Å². The Labute approximate surface area is 126 Å². The molecule has 1 heterocycles. The first-order valence-electron chi connectivity index (χ1n) is 6.95. The van der Waals surface area contributed by atoms with Crippen molar-refractivity contribution in [3.8, 4) is 0 Å². The van der Waals surface area contributed by atoms with Gasteiger partial charge in [-0.2, -0.15) is 0 Å². The molecule has 1 spiro atoms. The molecule has 3 rings (SSSR count). The highest BCUT2D eigenvalue weighted by Crippen LogP contribution is 2.42. The molecule has 0 unspecified atom stereocenters. The molecule has 110 valence electrons. The van der Waals surface area contributed by atoms with Gasteiger partial charge < -0.3 is 14.6 Å². The fourth-order valence-electron chi connectivity index (χ4n) is 3.10. The Bertz CT molecular complexity index is 490. The fraction of sp³-hybridized carbons (Fsp3) is 0.600. The Hall–Kier alpha value is -0.490. The molecule has 1 N–H and O–H groups in total. The molecule has 0 amide bonds. The molecule has 2 fully saturated rings. The normalized spacial score (nSPS) is 24.1. The number of hydrogen-bond acceptors (Lipinski definition) is 3. The molecule has 0 radical (unpaired) electrons. The Morgan fingerprint density at radius 3 is 2.45 bits per heavy atom. The van der Waals surface area contributed by atoms with Crippen molar-refractivity contribution in [1.82, 2.24) is 0 Å². The van der Waals surface area contributed by atoms with Gasteiger partial charge in [-0.3, -0.25) is 0 Å². The molecule has 1 saturated heterocycles. The van der Waals surface area contributed by atoms with E-state index in [-0.39, 0.29) is 5.82 Å². The summed E-state index contributed by atoms with van der Waals surface area (Å²) in [6.45, 7) is 1.27. The van der Waals surface area contributed by atoms with Crippen LogP contribution in [0.3, 0.4) is 0 Å². The highest BCUT2D eigenvalue weighted by Gasteiger charge is 2.45. The first kappa shape index (κ1) is 14.4. The average molecular weight is 345 g/mol. The summed E-state index contributed by atoms with van der Waals surface area (Å²) in [6.07, 6.45) is 3.04. The van der Waals surface area contributed by atoms with Crippen molar-refractivity contribution in [2.24, 2.45) is 0 Å². The Morgan fingerprint density at radius 2 is 1.80 bits per heavy atom. The Kier molecular flexibility index (Phi) is 3.88. The highest BCUT2D eigenvalue weighted by atomic mass is 79.9. The molecule has 2 aliphatic rings. The predicted octanol–water partition coefficient (Wildman–Crippen LogP) is 3.18. The van der Waals surface area contributed by atoms with Crippen LogP contribution >= 0.6 is 15.9 Å². The molecule has 20 heavy (non-hydrogen) atoms. The van der Waals surface area contributed by atoms with Gasteiger partial charge in [0.05, 0.1) is 23.3 Å². The lowest BCUT2D eigenvalue weighted by Crippen LogP contribution is -2.44. The van der Waals surface area contributed by atoms with Gasteiger partial charge in [0, 0.05) is 19.3 Å². The van der Waals surface area contributed by atoms with Crippen molar-refractivity contribution in [3.05, 3.63) is 34.1 Å². The van der Waals surface area contributed by atoms with Crippen LogP contribution in [0.4, 0.5) is 4.39 Å². The topological polar surface area (TPSA) is 38.7 Å². The maximum atomic E-state index is 13.5. The van der Waals surface area contributed by atoms with Gasteiger partial charge >= 0.3 is 0 Å². The van der Waals surface area contributed by atoms with Crippen molar-refractivity contribution in [3.63, 3.8) is 0 Å². The van der Waals surface area contributed by atoms with E-state index < -0.39 is 11.4 Å². The van der Waals surface area contributed by atoms with Crippen LogP contribution in [0, 0.1) is 5.82 Å². The van der Waals surface area contributed by atoms with Crippen LogP contribution in [-0.2, 0) is 15.9 Å². The average Bonchev–Trinajstić information content (AvgIpc) is 2.88. The lowest BCUT2D eigenvalue weighted by molar-refractivity contribution is -0.202. The lowest BCUT2D eigenvalue weighted by atomic mass is 9.78. The van der Waals surface area contributed by atoms with E-state index in [1.54, 1.807) is 6.07 Å². The number of halogens is 2. The van der Waals surface area contributed by atoms with Crippen molar-refractivity contribution >= 4 is 15.9 Å². The molecule has 0 atom stereocenters.